The number of carbonyl (C=O) groups excluding carboxylic acids is 2. The Morgan fingerprint density at radius 2 is 1.71 bits per heavy atom. The Kier molecular flexibility index (Phi) is 4.65. The van der Waals surface area contributed by atoms with Crippen LogP contribution in [0.25, 0.3) is 10.8 Å². The first-order chi connectivity index (χ1) is 10.2. The summed E-state index contributed by atoms with van der Waals surface area (Å²) < 4.78 is 9.30. The summed E-state index contributed by atoms with van der Waals surface area (Å²) in [5, 5.41) is 9.60. The number of fused-ring (bicyclic) bond motifs is 1. The van der Waals surface area contributed by atoms with Gasteiger partial charge in [-0.15, -0.1) is 5.10 Å². The van der Waals surface area contributed by atoms with Crippen molar-refractivity contribution in [1.82, 2.24) is 10.2 Å². The fourth-order valence-corrected chi connectivity index (χ4v) is 1.89. The van der Waals surface area contributed by atoms with Crippen LogP contribution in [0.15, 0.2) is 30.5 Å². The third kappa shape index (κ3) is 3.44. The zero-order valence-corrected chi connectivity index (χ0v) is 11.8. The molecule has 0 saturated carbocycles. The third-order valence-electron chi connectivity index (χ3n) is 2.95. The molecule has 0 atom stereocenters. The van der Waals surface area contributed by atoms with Crippen molar-refractivity contribution in [2.45, 2.75) is 0 Å². The lowest BCUT2D eigenvalue weighted by Gasteiger charge is -2.21. The summed E-state index contributed by atoms with van der Waals surface area (Å²) in [6.45, 7) is -0.234. The highest BCUT2D eigenvalue weighted by atomic mass is 16.5. The van der Waals surface area contributed by atoms with Crippen LogP contribution >= 0.6 is 0 Å². The Labute approximate surface area is 121 Å². The summed E-state index contributed by atoms with van der Waals surface area (Å²) in [5.41, 5.74) is 0. The Balaban J connectivity index is 2.42. The van der Waals surface area contributed by atoms with Crippen LogP contribution in [0, 0.1) is 0 Å². The molecule has 0 aliphatic carbocycles. The molecule has 0 aliphatic heterocycles. The van der Waals surface area contributed by atoms with E-state index in [0.29, 0.717) is 5.82 Å². The van der Waals surface area contributed by atoms with Gasteiger partial charge in [0.25, 0.3) is 0 Å². The first-order valence-corrected chi connectivity index (χ1v) is 6.24. The van der Waals surface area contributed by atoms with Crippen LogP contribution in [0.1, 0.15) is 0 Å². The number of hydrogen-bond donors (Lipinski definition) is 0. The lowest BCUT2D eigenvalue weighted by molar-refractivity contribution is -0.140. The Bertz CT molecular complexity index is 636. The van der Waals surface area contributed by atoms with Crippen LogP contribution in [0.2, 0.25) is 0 Å². The molecule has 0 N–H and O–H groups in total. The minimum Gasteiger partial charge on any atom is -0.468 e. The number of nitrogens with zero attached hydrogens (tertiary/aromatic N) is 3. The number of esters is 2. The van der Waals surface area contributed by atoms with E-state index in [9.17, 15) is 9.59 Å². The highest BCUT2D eigenvalue weighted by molar-refractivity contribution is 5.94. The average molecular weight is 289 g/mol. The van der Waals surface area contributed by atoms with Gasteiger partial charge in [-0.05, 0) is 0 Å². The normalized spacial score (nSPS) is 10.2. The molecule has 7 heteroatoms. The molecule has 0 amide bonds. The number of carbonyl (C=O) groups is 2. The van der Waals surface area contributed by atoms with Crippen molar-refractivity contribution in [3.63, 3.8) is 0 Å². The van der Waals surface area contributed by atoms with Crippen LogP contribution in [0.4, 0.5) is 5.82 Å². The molecule has 0 radical (unpaired) electrons. The van der Waals surface area contributed by atoms with Crippen LogP contribution in [-0.2, 0) is 19.1 Å². The Morgan fingerprint density at radius 3 is 2.33 bits per heavy atom. The molecule has 1 heterocycles. The molecule has 110 valence electrons. The van der Waals surface area contributed by atoms with Gasteiger partial charge in [0, 0.05) is 10.8 Å². The minimum absolute atomic E-state index is 0.117. The maximum absolute atomic E-state index is 11.5. The van der Waals surface area contributed by atoms with E-state index in [4.69, 9.17) is 0 Å². The fourth-order valence-electron chi connectivity index (χ4n) is 1.89. The van der Waals surface area contributed by atoms with E-state index in [1.54, 1.807) is 6.20 Å². The van der Waals surface area contributed by atoms with Crippen molar-refractivity contribution in [3.05, 3.63) is 30.5 Å². The van der Waals surface area contributed by atoms with Gasteiger partial charge in [-0.2, -0.15) is 5.10 Å². The SMILES string of the molecule is COC(=O)CN(CC(=O)OC)c1nncc2ccccc12. The fraction of sp³-hybridized carbons (Fsp3) is 0.286. The topological polar surface area (TPSA) is 81.6 Å². The number of ether oxygens (including phenoxy) is 2. The molecular formula is C14H15N3O4. The summed E-state index contributed by atoms with van der Waals surface area (Å²) in [6, 6.07) is 7.45. The first-order valence-electron chi connectivity index (χ1n) is 6.24. The van der Waals surface area contributed by atoms with Gasteiger partial charge in [0.2, 0.25) is 0 Å². The van der Waals surface area contributed by atoms with Crippen molar-refractivity contribution >= 4 is 28.5 Å². The largest absolute Gasteiger partial charge is 0.468 e. The molecule has 0 bridgehead atoms. The number of hydrogen-bond acceptors (Lipinski definition) is 7. The van der Waals surface area contributed by atoms with E-state index in [0.717, 1.165) is 10.8 Å². The van der Waals surface area contributed by atoms with Crippen molar-refractivity contribution < 1.29 is 19.1 Å². The molecule has 0 unspecified atom stereocenters. The van der Waals surface area contributed by atoms with Gasteiger partial charge in [-0.3, -0.25) is 9.59 Å². The number of benzene rings is 1. The molecule has 2 rings (SSSR count). The molecule has 1 aromatic heterocycles. The summed E-state index contributed by atoms with van der Waals surface area (Å²) in [5.74, 6) is -0.522. The zero-order chi connectivity index (χ0) is 15.2. The number of anilines is 1. The van der Waals surface area contributed by atoms with Crippen molar-refractivity contribution in [2.24, 2.45) is 0 Å². The molecule has 0 saturated heterocycles. The second-order valence-electron chi connectivity index (χ2n) is 4.26. The van der Waals surface area contributed by atoms with E-state index in [1.165, 1.54) is 19.1 Å². The molecular weight excluding hydrogens is 274 g/mol. The first kappa shape index (κ1) is 14.7. The molecule has 0 aliphatic rings. The number of rotatable bonds is 5. The van der Waals surface area contributed by atoms with Gasteiger partial charge in [-0.25, -0.2) is 0 Å². The number of aromatic nitrogens is 2. The van der Waals surface area contributed by atoms with E-state index >= 15 is 0 Å². The second kappa shape index (κ2) is 6.65. The predicted molar refractivity (Wildman–Crippen MR) is 75.8 cm³/mol. The van der Waals surface area contributed by atoms with E-state index in [2.05, 4.69) is 19.7 Å². The van der Waals surface area contributed by atoms with E-state index in [-0.39, 0.29) is 13.1 Å². The summed E-state index contributed by atoms with van der Waals surface area (Å²) >= 11 is 0. The Morgan fingerprint density at radius 1 is 1.10 bits per heavy atom. The van der Waals surface area contributed by atoms with Crippen LogP contribution < -0.4 is 4.90 Å². The van der Waals surface area contributed by atoms with E-state index < -0.39 is 11.9 Å². The smallest absolute Gasteiger partial charge is 0.325 e. The van der Waals surface area contributed by atoms with Crippen molar-refractivity contribution in [3.8, 4) is 0 Å². The summed E-state index contributed by atoms with van der Waals surface area (Å²) in [7, 11) is 2.57. The zero-order valence-electron chi connectivity index (χ0n) is 11.8. The minimum atomic E-state index is -0.478. The van der Waals surface area contributed by atoms with Gasteiger partial charge >= 0.3 is 11.9 Å². The second-order valence-corrected chi connectivity index (χ2v) is 4.26. The molecule has 21 heavy (non-hydrogen) atoms. The maximum Gasteiger partial charge on any atom is 0.325 e. The molecule has 0 fully saturated rings. The number of methoxy groups -OCH3 is 2. The lowest BCUT2D eigenvalue weighted by Crippen LogP contribution is -2.36. The van der Waals surface area contributed by atoms with Crippen molar-refractivity contribution in [1.29, 1.82) is 0 Å². The molecule has 0 spiro atoms. The van der Waals surface area contributed by atoms with Crippen LogP contribution in [0.3, 0.4) is 0 Å². The summed E-state index contributed by atoms with van der Waals surface area (Å²) in [4.78, 5) is 24.6. The quantitative estimate of drug-likeness (QED) is 0.752. The van der Waals surface area contributed by atoms with Gasteiger partial charge < -0.3 is 14.4 Å². The third-order valence-corrected chi connectivity index (χ3v) is 2.95. The Hall–Kier alpha value is -2.70. The maximum atomic E-state index is 11.5. The van der Waals surface area contributed by atoms with E-state index in [1.807, 2.05) is 24.3 Å². The van der Waals surface area contributed by atoms with Gasteiger partial charge in [-0.1, -0.05) is 24.3 Å². The lowest BCUT2D eigenvalue weighted by atomic mass is 10.2. The molecule has 1 aromatic carbocycles. The van der Waals surface area contributed by atoms with Crippen LogP contribution in [0.5, 0.6) is 0 Å². The van der Waals surface area contributed by atoms with Gasteiger partial charge in [0.05, 0.1) is 20.4 Å². The average Bonchev–Trinajstić information content (AvgIpc) is 2.53. The summed E-state index contributed by atoms with van der Waals surface area (Å²) in [6.07, 6.45) is 1.62. The standard InChI is InChI=1S/C14H15N3O4/c1-20-12(18)8-17(9-13(19)21-2)14-11-6-4-3-5-10(11)7-15-16-14/h3-7H,8-9H2,1-2H3. The molecule has 2 aromatic rings. The molecule has 7 nitrogen and oxygen atoms in total. The highest BCUT2D eigenvalue weighted by Crippen LogP contribution is 2.23. The monoisotopic (exact) mass is 289 g/mol. The van der Waals surface area contributed by atoms with Gasteiger partial charge in [0.15, 0.2) is 5.82 Å². The predicted octanol–water partition coefficient (Wildman–Crippen LogP) is 0.782. The highest BCUT2D eigenvalue weighted by Gasteiger charge is 2.19. The van der Waals surface area contributed by atoms with Gasteiger partial charge in [0.1, 0.15) is 13.1 Å². The van der Waals surface area contributed by atoms with Crippen molar-refractivity contribution in [2.75, 3.05) is 32.2 Å². The van der Waals surface area contributed by atoms with Crippen LogP contribution in [-0.4, -0.2) is 49.4 Å².